The Bertz CT molecular complexity index is 462. The summed E-state index contributed by atoms with van der Waals surface area (Å²) >= 11 is 19.2. The number of carbonyl (C=O) groups excluding carboxylic acids is 1. The van der Waals surface area contributed by atoms with E-state index in [1.807, 2.05) is 0 Å². The molecule has 0 radical (unpaired) electrons. The molecule has 2 rings (SSSR count). The summed E-state index contributed by atoms with van der Waals surface area (Å²) in [6.07, 6.45) is 0.255. The number of aliphatic hydroxyl groups excluding tert-OH is 1. The molecule has 0 aliphatic carbocycles. The highest BCUT2D eigenvalue weighted by molar-refractivity contribution is 8.00. The quantitative estimate of drug-likeness (QED) is 0.803. The Hall–Kier alpha value is 0.0700. The van der Waals surface area contributed by atoms with E-state index in [0.717, 1.165) is 0 Å². The van der Waals surface area contributed by atoms with Crippen LogP contribution in [0, 0.1) is 0 Å². The highest BCUT2D eigenvalue weighted by Gasteiger charge is 2.30. The molecular weight excluding hydrogens is 291 g/mol. The van der Waals surface area contributed by atoms with E-state index in [9.17, 15) is 4.79 Å². The van der Waals surface area contributed by atoms with Crippen LogP contribution in [0.4, 0.5) is 0 Å². The van der Waals surface area contributed by atoms with Crippen molar-refractivity contribution in [3.05, 3.63) is 26.7 Å². The molecule has 0 bridgehead atoms. The molecule has 0 aromatic heterocycles. The average Bonchev–Trinajstić information content (AvgIpc) is 2.25. The summed E-state index contributed by atoms with van der Waals surface area (Å²) in [5.41, 5.74) is 0.383. The molecule has 1 aliphatic rings. The maximum Gasteiger partial charge on any atom is 0.166 e. The number of thioether (sulfide) groups is 1. The molecule has 6 heteroatoms. The number of ketones is 1. The number of fused-ring (bicyclic) bond motifs is 1. The van der Waals surface area contributed by atoms with Crippen LogP contribution in [0.5, 0.6) is 0 Å². The van der Waals surface area contributed by atoms with Crippen LogP contribution in [0.25, 0.3) is 0 Å². The van der Waals surface area contributed by atoms with Crippen LogP contribution in [-0.4, -0.2) is 22.7 Å². The average molecular weight is 298 g/mol. The van der Waals surface area contributed by atoms with Crippen LogP contribution in [0.3, 0.4) is 0 Å². The van der Waals surface area contributed by atoms with Crippen molar-refractivity contribution in [3.63, 3.8) is 0 Å². The molecule has 1 atom stereocenters. The van der Waals surface area contributed by atoms with Crippen molar-refractivity contribution in [2.45, 2.75) is 16.6 Å². The van der Waals surface area contributed by atoms with E-state index in [1.54, 1.807) is 0 Å². The summed E-state index contributed by atoms with van der Waals surface area (Å²) in [5.74, 6) is -0.123. The molecule has 1 unspecified atom stereocenters. The highest BCUT2D eigenvalue weighted by atomic mass is 35.5. The normalized spacial score (nSPS) is 19.8. The van der Waals surface area contributed by atoms with Crippen LogP contribution >= 0.6 is 46.6 Å². The second kappa shape index (κ2) is 4.75. The Morgan fingerprint density at radius 2 is 2.06 bits per heavy atom. The van der Waals surface area contributed by atoms with E-state index in [4.69, 9.17) is 39.9 Å². The van der Waals surface area contributed by atoms with Crippen molar-refractivity contribution in [1.82, 2.24) is 0 Å². The first kappa shape index (κ1) is 12.5. The van der Waals surface area contributed by atoms with Crippen molar-refractivity contribution >= 4 is 52.3 Å². The standard InChI is InChI=1S/C10H7Cl3O2S/c11-5-2-6(12)10-8(9(5)13)7(15)1-4(3-14)16-10/h2,4,14H,1,3H2. The number of carbonyl (C=O) groups is 1. The van der Waals surface area contributed by atoms with E-state index in [1.165, 1.54) is 17.8 Å². The lowest BCUT2D eigenvalue weighted by Gasteiger charge is -2.23. The molecule has 2 nitrogen and oxygen atoms in total. The van der Waals surface area contributed by atoms with Crippen molar-refractivity contribution in [2.24, 2.45) is 0 Å². The SMILES string of the molecule is O=C1CC(CO)Sc2c(Cl)cc(Cl)c(Cl)c21. The molecule has 0 spiro atoms. The fraction of sp³-hybridized carbons (Fsp3) is 0.300. The van der Waals surface area contributed by atoms with Crippen LogP contribution < -0.4 is 0 Å². The molecular formula is C10H7Cl3O2S. The zero-order chi connectivity index (χ0) is 11.9. The van der Waals surface area contributed by atoms with Crippen LogP contribution in [0.15, 0.2) is 11.0 Å². The second-order valence-corrected chi connectivity index (χ2v) is 5.91. The molecule has 0 saturated heterocycles. The van der Waals surface area contributed by atoms with Crippen LogP contribution in [0.2, 0.25) is 15.1 Å². The molecule has 1 aromatic carbocycles. The Morgan fingerprint density at radius 3 is 2.69 bits per heavy atom. The van der Waals surface area contributed by atoms with E-state index in [2.05, 4.69) is 0 Å². The Labute approximate surface area is 112 Å². The third kappa shape index (κ3) is 2.07. The van der Waals surface area contributed by atoms with Crippen molar-refractivity contribution < 1.29 is 9.90 Å². The third-order valence-corrected chi connectivity index (χ3v) is 4.81. The molecule has 0 saturated carbocycles. The van der Waals surface area contributed by atoms with Gasteiger partial charge in [-0.1, -0.05) is 34.8 Å². The summed E-state index contributed by atoms with van der Waals surface area (Å²) in [6, 6.07) is 1.52. The fourth-order valence-electron chi connectivity index (χ4n) is 1.56. The minimum Gasteiger partial charge on any atom is -0.395 e. The molecule has 1 N–H and O–H groups in total. The predicted octanol–water partition coefficient (Wildman–Crippen LogP) is 3.69. The van der Waals surface area contributed by atoms with Gasteiger partial charge in [-0.2, -0.15) is 0 Å². The first-order chi connectivity index (χ1) is 7.54. The van der Waals surface area contributed by atoms with E-state index in [0.29, 0.717) is 15.5 Å². The number of benzene rings is 1. The van der Waals surface area contributed by atoms with Gasteiger partial charge in [0.2, 0.25) is 0 Å². The van der Waals surface area contributed by atoms with Crippen LogP contribution in [0.1, 0.15) is 16.8 Å². The lowest BCUT2D eigenvalue weighted by Crippen LogP contribution is -2.21. The number of aliphatic hydroxyl groups is 1. The number of halogens is 3. The molecule has 86 valence electrons. The lowest BCUT2D eigenvalue weighted by molar-refractivity contribution is 0.0968. The van der Waals surface area contributed by atoms with Gasteiger partial charge in [0.05, 0.1) is 27.2 Å². The van der Waals surface area contributed by atoms with Gasteiger partial charge in [-0.3, -0.25) is 4.79 Å². The van der Waals surface area contributed by atoms with Gasteiger partial charge < -0.3 is 5.11 Å². The molecule has 0 fully saturated rings. The molecule has 0 amide bonds. The minimum absolute atomic E-state index is 0.0631. The Kier molecular flexibility index (Phi) is 3.72. The van der Waals surface area contributed by atoms with Crippen LogP contribution in [-0.2, 0) is 0 Å². The number of Topliss-reactive ketones (excluding diaryl/α,β-unsaturated/α-hetero) is 1. The maximum atomic E-state index is 11.9. The summed E-state index contributed by atoms with van der Waals surface area (Å²) in [4.78, 5) is 12.5. The number of hydrogen-bond acceptors (Lipinski definition) is 3. The summed E-state index contributed by atoms with van der Waals surface area (Å²) in [6.45, 7) is -0.0631. The van der Waals surface area contributed by atoms with Gasteiger partial charge in [0.15, 0.2) is 5.78 Å². The topological polar surface area (TPSA) is 37.3 Å². The summed E-state index contributed by atoms with van der Waals surface area (Å²) in [7, 11) is 0. The van der Waals surface area contributed by atoms with Gasteiger partial charge in [0.25, 0.3) is 0 Å². The van der Waals surface area contributed by atoms with Crippen molar-refractivity contribution in [3.8, 4) is 0 Å². The summed E-state index contributed by atoms with van der Waals surface area (Å²) in [5, 5.41) is 9.84. The van der Waals surface area contributed by atoms with Gasteiger partial charge in [-0.25, -0.2) is 0 Å². The maximum absolute atomic E-state index is 11.9. The molecule has 1 heterocycles. The zero-order valence-corrected chi connectivity index (χ0v) is 11.1. The lowest BCUT2D eigenvalue weighted by atomic mass is 10.1. The Balaban J connectivity index is 2.60. The minimum atomic E-state index is -0.158. The van der Waals surface area contributed by atoms with Crippen molar-refractivity contribution in [2.75, 3.05) is 6.61 Å². The second-order valence-electron chi connectivity index (χ2n) is 3.41. The van der Waals surface area contributed by atoms with Gasteiger partial charge in [0.1, 0.15) is 0 Å². The Morgan fingerprint density at radius 1 is 1.38 bits per heavy atom. The highest BCUT2D eigenvalue weighted by Crippen LogP contribution is 2.45. The van der Waals surface area contributed by atoms with Crippen molar-refractivity contribution in [1.29, 1.82) is 0 Å². The smallest absolute Gasteiger partial charge is 0.166 e. The van der Waals surface area contributed by atoms with E-state index in [-0.39, 0.29) is 34.1 Å². The number of hydrogen-bond donors (Lipinski definition) is 1. The summed E-state index contributed by atoms with van der Waals surface area (Å²) < 4.78 is 0. The van der Waals surface area contributed by atoms with E-state index >= 15 is 0 Å². The van der Waals surface area contributed by atoms with Gasteiger partial charge >= 0.3 is 0 Å². The third-order valence-electron chi connectivity index (χ3n) is 2.31. The van der Waals surface area contributed by atoms with Gasteiger partial charge in [0, 0.05) is 16.6 Å². The molecule has 16 heavy (non-hydrogen) atoms. The largest absolute Gasteiger partial charge is 0.395 e. The molecule has 1 aliphatic heterocycles. The molecule has 1 aromatic rings. The monoisotopic (exact) mass is 296 g/mol. The number of rotatable bonds is 1. The van der Waals surface area contributed by atoms with E-state index < -0.39 is 0 Å². The predicted molar refractivity (Wildman–Crippen MR) is 67.2 cm³/mol. The fourth-order valence-corrected chi connectivity index (χ4v) is 3.62. The van der Waals surface area contributed by atoms with Gasteiger partial charge in [-0.15, -0.1) is 11.8 Å². The zero-order valence-electron chi connectivity index (χ0n) is 7.97. The van der Waals surface area contributed by atoms with Gasteiger partial charge in [-0.05, 0) is 6.07 Å². The first-order valence-electron chi connectivity index (χ1n) is 4.52. The first-order valence-corrected chi connectivity index (χ1v) is 6.54.